The van der Waals surface area contributed by atoms with Crippen LogP contribution in [0, 0.1) is 0 Å². The summed E-state index contributed by atoms with van der Waals surface area (Å²) in [5, 5.41) is 14.3. The van der Waals surface area contributed by atoms with Gasteiger partial charge in [-0.05, 0) is 32.4 Å². The molecule has 0 bridgehead atoms. The fraction of sp³-hybridized carbons (Fsp3) is 0.478. The minimum absolute atomic E-state index is 0. The number of piperazine rings is 1. The second-order valence-electron chi connectivity index (χ2n) is 9.25. The summed E-state index contributed by atoms with van der Waals surface area (Å²) in [7, 11) is 0. The average Bonchev–Trinajstić information content (AvgIpc) is 3.08. The van der Waals surface area contributed by atoms with Crippen molar-refractivity contribution < 1.29 is 64.9 Å². The van der Waals surface area contributed by atoms with E-state index in [2.05, 4.69) is 10.6 Å². The van der Waals surface area contributed by atoms with E-state index in [4.69, 9.17) is 0 Å². The third kappa shape index (κ3) is 5.35. The molecule has 3 aliphatic heterocycles. The number of carboxylic acids is 1. The second kappa shape index (κ2) is 11.0. The third-order valence-corrected chi connectivity index (χ3v) is 8.11. The van der Waals surface area contributed by atoms with Crippen LogP contribution in [0.5, 0.6) is 0 Å². The Morgan fingerprint density at radius 3 is 2.46 bits per heavy atom. The number of imide groups is 1. The summed E-state index contributed by atoms with van der Waals surface area (Å²) in [6.45, 7) is 5.91. The van der Waals surface area contributed by atoms with Crippen LogP contribution in [0.1, 0.15) is 27.8 Å². The van der Waals surface area contributed by atoms with Crippen LogP contribution in [-0.4, -0.2) is 97.3 Å². The number of anilines is 1. The van der Waals surface area contributed by atoms with Gasteiger partial charge < -0.3 is 27.0 Å². The number of benzene rings is 1. The van der Waals surface area contributed by atoms with Gasteiger partial charge in [0.25, 0.3) is 0 Å². The molecule has 37 heavy (non-hydrogen) atoms. The molecule has 6 amide bonds. The van der Waals surface area contributed by atoms with Crippen molar-refractivity contribution in [3.8, 4) is 0 Å². The van der Waals surface area contributed by atoms with Crippen molar-refractivity contribution in [1.82, 2.24) is 20.0 Å². The van der Waals surface area contributed by atoms with E-state index in [1.165, 1.54) is 21.6 Å². The number of nitrogens with zero attached hydrogens (tertiary/aromatic N) is 3. The fourth-order valence-electron chi connectivity index (χ4n) is 4.69. The van der Waals surface area contributed by atoms with Crippen molar-refractivity contribution in [2.75, 3.05) is 25.0 Å². The number of carbonyl (C=O) groups excluding carboxylic acids is 5. The molecule has 12 nitrogen and oxygen atoms in total. The number of aliphatic carboxylic acids is 1. The molecule has 0 aliphatic carbocycles. The number of rotatable bonds is 6. The maximum atomic E-state index is 12.8. The first-order valence-electron chi connectivity index (χ1n) is 11.5. The molecular formula is C23H28N5NaO7S. The number of amides is 6. The molecule has 0 radical (unpaired) electrons. The number of thioether (sulfide) groups is 1. The molecule has 4 rings (SSSR count). The van der Waals surface area contributed by atoms with Crippen molar-refractivity contribution in [2.45, 2.75) is 49.4 Å². The molecule has 0 aromatic heterocycles. The van der Waals surface area contributed by atoms with Gasteiger partial charge in [-0.3, -0.25) is 24.1 Å². The number of hydrogen-bond donors (Lipinski definition) is 3. The smallest absolute Gasteiger partial charge is 1.00 e. The van der Waals surface area contributed by atoms with Gasteiger partial charge in [0.15, 0.2) is 0 Å². The Hall–Kier alpha value is -2.61. The van der Waals surface area contributed by atoms with Gasteiger partial charge in [0.05, 0.1) is 6.42 Å². The van der Waals surface area contributed by atoms with Crippen LogP contribution in [0.2, 0.25) is 0 Å². The monoisotopic (exact) mass is 541 g/mol. The van der Waals surface area contributed by atoms with Crippen molar-refractivity contribution in [2.24, 2.45) is 0 Å². The van der Waals surface area contributed by atoms with Crippen molar-refractivity contribution >= 4 is 53.1 Å². The summed E-state index contributed by atoms with van der Waals surface area (Å²) >= 11 is 1.33. The topological polar surface area (TPSA) is 156 Å². The van der Waals surface area contributed by atoms with Gasteiger partial charge in [-0.1, -0.05) is 18.2 Å². The summed E-state index contributed by atoms with van der Waals surface area (Å²) in [5.74, 6) is -3.68. The van der Waals surface area contributed by atoms with Crippen LogP contribution in [0.4, 0.5) is 10.5 Å². The quantitative estimate of drug-likeness (QED) is 0.198. The molecule has 3 N–H and O–H groups in total. The van der Waals surface area contributed by atoms with E-state index in [1.54, 1.807) is 45.0 Å². The number of likely N-dealkylation sites (N-methyl/N-ethyl adjacent to an activating group) is 1. The Bertz CT molecular complexity index is 1170. The summed E-state index contributed by atoms with van der Waals surface area (Å²) in [6.07, 6.45) is -0.167. The zero-order valence-electron chi connectivity index (χ0n) is 22.0. The van der Waals surface area contributed by atoms with Crippen LogP contribution in [0.15, 0.2) is 24.3 Å². The molecule has 1 aromatic rings. The first kappa shape index (κ1) is 29.0. The van der Waals surface area contributed by atoms with Crippen molar-refractivity contribution in [3.05, 3.63) is 29.8 Å². The van der Waals surface area contributed by atoms with Crippen LogP contribution in [0.3, 0.4) is 0 Å². The van der Waals surface area contributed by atoms with E-state index >= 15 is 0 Å². The normalized spacial score (nSPS) is 24.1. The fourth-order valence-corrected chi connectivity index (χ4v) is 6.32. The van der Waals surface area contributed by atoms with Crippen LogP contribution in [0.25, 0.3) is 0 Å². The number of nitrogens with one attached hydrogen (secondary N) is 2. The number of hydrogen-bond acceptors (Lipinski definition) is 7. The van der Waals surface area contributed by atoms with Gasteiger partial charge in [-0.2, -0.15) is 0 Å². The van der Waals surface area contributed by atoms with Crippen molar-refractivity contribution in [1.29, 1.82) is 0 Å². The number of carboxylic acid groups (broad SMARTS) is 1. The van der Waals surface area contributed by atoms with E-state index in [-0.39, 0.29) is 50.5 Å². The van der Waals surface area contributed by atoms with Gasteiger partial charge >= 0.3 is 53.4 Å². The van der Waals surface area contributed by atoms with Crippen LogP contribution in [-0.2, 0) is 30.4 Å². The summed E-state index contributed by atoms with van der Waals surface area (Å²) in [5.41, 5.74) is 0.737. The Morgan fingerprint density at radius 1 is 1.14 bits per heavy atom. The molecule has 3 aliphatic rings. The maximum Gasteiger partial charge on any atom is 1.00 e. The zero-order chi connectivity index (χ0) is 26.4. The van der Waals surface area contributed by atoms with E-state index < -0.39 is 57.8 Å². The number of carbonyl (C=O) groups is 6. The summed E-state index contributed by atoms with van der Waals surface area (Å²) in [4.78, 5) is 77.7. The molecule has 14 heteroatoms. The van der Waals surface area contributed by atoms with Gasteiger partial charge in [-0.25, -0.2) is 9.59 Å². The first-order chi connectivity index (χ1) is 17.0. The standard InChI is InChI=1S/C23H27N5O7S.Na.H/c1-4-26-9-10-27(19(32)18(26)31)22(35)24-13-8-6-5-7-12(13)11-14(29)25-15-17(30)28-16(21(33)34)23(2,3)36-20(15)28;;/h5-8,15-16,20H,4,9-11H2,1-3H3,(H,24,35)(H,25,29)(H,33,34);;/q;+1;-1/t15?,16-,20+;;/m0../s1. The Morgan fingerprint density at radius 2 is 1.81 bits per heavy atom. The van der Waals surface area contributed by atoms with Gasteiger partial charge in [0.2, 0.25) is 11.8 Å². The number of urea groups is 1. The molecule has 3 fully saturated rings. The average molecular weight is 542 g/mol. The Labute approximate surface area is 241 Å². The Balaban J connectivity index is 0.00000253. The van der Waals surface area contributed by atoms with Gasteiger partial charge in [0.1, 0.15) is 17.5 Å². The van der Waals surface area contributed by atoms with E-state index in [1.807, 2.05) is 0 Å². The van der Waals surface area contributed by atoms with Gasteiger partial charge in [0, 0.05) is 30.1 Å². The number of para-hydroxylation sites is 1. The van der Waals surface area contributed by atoms with Gasteiger partial charge in [-0.15, -0.1) is 11.8 Å². The molecule has 1 aromatic carbocycles. The molecule has 3 saturated heterocycles. The maximum absolute atomic E-state index is 12.8. The van der Waals surface area contributed by atoms with E-state index in [9.17, 15) is 33.9 Å². The predicted molar refractivity (Wildman–Crippen MR) is 130 cm³/mol. The predicted octanol–water partition coefficient (Wildman–Crippen LogP) is -2.80. The van der Waals surface area contributed by atoms with Crippen LogP contribution < -0.4 is 40.2 Å². The molecule has 0 spiro atoms. The SMILES string of the molecule is CCN1CCN(C(=O)Nc2ccccc2CC(=O)NC2C(=O)N3[C@@H]2SC(C)(C)[C@@H]3C(=O)O)C(=O)C1=O.[H-].[Na+]. The molecule has 1 unspecified atom stereocenters. The summed E-state index contributed by atoms with van der Waals surface area (Å²) < 4.78 is -0.704. The molecule has 0 saturated carbocycles. The molecule has 3 heterocycles. The number of fused-ring (bicyclic) bond motifs is 1. The first-order valence-corrected chi connectivity index (χ1v) is 12.4. The zero-order valence-corrected chi connectivity index (χ0v) is 23.8. The van der Waals surface area contributed by atoms with Crippen LogP contribution >= 0.6 is 11.8 Å². The van der Waals surface area contributed by atoms with E-state index in [0.717, 1.165) is 4.90 Å². The Kier molecular flexibility index (Phi) is 8.62. The molecule has 3 atom stereocenters. The second-order valence-corrected chi connectivity index (χ2v) is 11.0. The summed E-state index contributed by atoms with van der Waals surface area (Å²) in [6, 6.07) is 3.93. The van der Waals surface area contributed by atoms with Crippen molar-refractivity contribution in [3.63, 3.8) is 0 Å². The minimum atomic E-state index is -1.09. The number of β-lactam (4-membered cyclic amide) rings is 1. The molecular weight excluding hydrogens is 513 g/mol. The minimum Gasteiger partial charge on any atom is -1.00 e. The van der Waals surface area contributed by atoms with E-state index in [0.29, 0.717) is 17.8 Å². The third-order valence-electron chi connectivity index (χ3n) is 6.54. The molecule has 194 valence electrons. The largest absolute Gasteiger partial charge is 1.00 e.